The molecule has 2 heterocycles. The van der Waals surface area contributed by atoms with Gasteiger partial charge in [-0.05, 0) is 18.6 Å². The zero-order valence-electron chi connectivity index (χ0n) is 10.1. The Balaban J connectivity index is 2.12. The predicted octanol–water partition coefficient (Wildman–Crippen LogP) is 1.25. The minimum Gasteiger partial charge on any atom is -0.354 e. The molecule has 100 valence electrons. The molecule has 18 heavy (non-hydrogen) atoms. The first-order valence-corrected chi connectivity index (χ1v) is 7.81. The summed E-state index contributed by atoms with van der Waals surface area (Å²) < 4.78 is 26.3. The fourth-order valence-electron chi connectivity index (χ4n) is 2.10. The van der Waals surface area contributed by atoms with Crippen LogP contribution in [0.5, 0.6) is 0 Å². The predicted molar refractivity (Wildman–Crippen MR) is 72.5 cm³/mol. The van der Waals surface area contributed by atoms with Gasteiger partial charge in [0.25, 0.3) is 0 Å². The van der Waals surface area contributed by atoms with Crippen LogP contribution in [0.25, 0.3) is 0 Å². The van der Waals surface area contributed by atoms with E-state index < -0.39 is 15.3 Å². The first kappa shape index (κ1) is 13.6. The summed E-state index contributed by atoms with van der Waals surface area (Å²) in [6, 6.07) is 3.52. The summed E-state index contributed by atoms with van der Waals surface area (Å²) in [6.07, 6.45) is 2.26. The molecule has 0 amide bonds. The molecule has 1 N–H and O–H groups in total. The lowest BCUT2D eigenvalue weighted by atomic mass is 10.4. The molecule has 0 spiro atoms. The topological polar surface area (TPSA) is 62.3 Å². The SMILES string of the molecule is CCNS(=O)(=O)[C@@H]1CCN(c2ncccc2Cl)C1. The highest BCUT2D eigenvalue weighted by Gasteiger charge is 2.33. The summed E-state index contributed by atoms with van der Waals surface area (Å²) in [5.41, 5.74) is 0. The van der Waals surface area contributed by atoms with Crippen LogP contribution in [-0.2, 0) is 10.0 Å². The average molecular weight is 290 g/mol. The molecule has 1 aromatic rings. The highest BCUT2D eigenvalue weighted by molar-refractivity contribution is 7.90. The minimum atomic E-state index is -3.23. The van der Waals surface area contributed by atoms with Crippen molar-refractivity contribution in [3.63, 3.8) is 0 Å². The Bertz CT molecular complexity index is 521. The summed E-state index contributed by atoms with van der Waals surface area (Å²) in [5, 5.41) is 0.162. The average Bonchev–Trinajstić information content (AvgIpc) is 2.79. The molecule has 1 saturated heterocycles. The molecule has 1 aliphatic rings. The van der Waals surface area contributed by atoms with Crippen molar-refractivity contribution in [2.45, 2.75) is 18.6 Å². The van der Waals surface area contributed by atoms with Crippen LogP contribution in [0, 0.1) is 0 Å². The molecule has 0 aromatic carbocycles. The fraction of sp³-hybridized carbons (Fsp3) is 0.545. The maximum atomic E-state index is 11.9. The third kappa shape index (κ3) is 2.76. The van der Waals surface area contributed by atoms with E-state index in [4.69, 9.17) is 11.6 Å². The fourth-order valence-corrected chi connectivity index (χ4v) is 3.77. The van der Waals surface area contributed by atoms with E-state index in [2.05, 4.69) is 9.71 Å². The summed E-state index contributed by atoms with van der Waals surface area (Å²) in [7, 11) is -3.23. The number of hydrogen-bond acceptors (Lipinski definition) is 4. The van der Waals surface area contributed by atoms with Gasteiger partial charge in [-0.2, -0.15) is 0 Å². The quantitative estimate of drug-likeness (QED) is 0.906. The number of rotatable bonds is 4. The van der Waals surface area contributed by atoms with Gasteiger partial charge in [0.2, 0.25) is 10.0 Å². The van der Waals surface area contributed by atoms with Crippen molar-refractivity contribution >= 4 is 27.4 Å². The second-order valence-electron chi connectivity index (χ2n) is 4.21. The smallest absolute Gasteiger partial charge is 0.216 e. The standard InChI is InChI=1S/C11H16ClN3O2S/c1-2-14-18(16,17)9-5-7-15(8-9)11-10(12)4-3-6-13-11/h3-4,6,9,14H,2,5,7-8H2,1H3/t9-/m1/s1. The molecule has 1 aliphatic heterocycles. The third-order valence-electron chi connectivity index (χ3n) is 2.97. The summed E-state index contributed by atoms with van der Waals surface area (Å²) in [6.45, 7) is 3.29. The van der Waals surface area contributed by atoms with Crippen LogP contribution in [0.3, 0.4) is 0 Å². The van der Waals surface area contributed by atoms with Crippen molar-refractivity contribution in [1.29, 1.82) is 0 Å². The Morgan fingerprint density at radius 1 is 1.61 bits per heavy atom. The van der Waals surface area contributed by atoms with Gasteiger partial charge in [-0.25, -0.2) is 18.1 Å². The van der Waals surface area contributed by atoms with E-state index in [1.54, 1.807) is 25.3 Å². The van der Waals surface area contributed by atoms with Crippen LogP contribution in [0.4, 0.5) is 5.82 Å². The number of hydrogen-bond donors (Lipinski definition) is 1. The highest BCUT2D eigenvalue weighted by Crippen LogP contribution is 2.27. The number of nitrogens with one attached hydrogen (secondary N) is 1. The summed E-state index contributed by atoms with van der Waals surface area (Å²) in [5.74, 6) is 0.661. The molecular formula is C11H16ClN3O2S. The first-order valence-electron chi connectivity index (χ1n) is 5.88. The van der Waals surface area contributed by atoms with Gasteiger partial charge < -0.3 is 4.90 Å². The molecule has 0 saturated carbocycles. The number of aromatic nitrogens is 1. The van der Waals surface area contributed by atoms with E-state index in [0.29, 0.717) is 36.9 Å². The Morgan fingerprint density at radius 3 is 3.06 bits per heavy atom. The van der Waals surface area contributed by atoms with Crippen LogP contribution in [-0.4, -0.2) is 38.3 Å². The van der Waals surface area contributed by atoms with E-state index in [9.17, 15) is 8.42 Å². The monoisotopic (exact) mass is 289 g/mol. The summed E-state index contributed by atoms with van der Waals surface area (Å²) >= 11 is 6.06. The number of nitrogens with zero attached hydrogens (tertiary/aromatic N) is 2. The zero-order valence-corrected chi connectivity index (χ0v) is 11.7. The molecule has 1 aromatic heterocycles. The second kappa shape index (κ2) is 5.42. The normalized spacial score (nSPS) is 20.3. The molecule has 0 unspecified atom stereocenters. The van der Waals surface area contributed by atoms with E-state index in [0.717, 1.165) is 0 Å². The van der Waals surface area contributed by atoms with Gasteiger partial charge in [0, 0.05) is 25.8 Å². The zero-order chi connectivity index (χ0) is 13.2. The van der Waals surface area contributed by atoms with Crippen molar-refractivity contribution in [3.8, 4) is 0 Å². The number of pyridine rings is 1. The van der Waals surface area contributed by atoms with Crippen LogP contribution < -0.4 is 9.62 Å². The maximum absolute atomic E-state index is 11.9. The van der Waals surface area contributed by atoms with Crippen molar-refractivity contribution in [2.75, 3.05) is 24.5 Å². The van der Waals surface area contributed by atoms with Gasteiger partial charge in [0.15, 0.2) is 0 Å². The minimum absolute atomic E-state index is 0.393. The lowest BCUT2D eigenvalue weighted by molar-refractivity contribution is 0.571. The van der Waals surface area contributed by atoms with E-state index in [1.165, 1.54) is 0 Å². The third-order valence-corrected chi connectivity index (χ3v) is 5.22. The molecule has 0 bridgehead atoms. The molecule has 0 aliphatic carbocycles. The highest BCUT2D eigenvalue weighted by atomic mass is 35.5. The lowest BCUT2D eigenvalue weighted by Gasteiger charge is -2.18. The molecule has 5 nitrogen and oxygen atoms in total. The second-order valence-corrected chi connectivity index (χ2v) is 6.66. The Hall–Kier alpha value is -0.850. The van der Waals surface area contributed by atoms with Crippen molar-refractivity contribution in [2.24, 2.45) is 0 Å². The number of anilines is 1. The molecule has 7 heteroatoms. The van der Waals surface area contributed by atoms with E-state index >= 15 is 0 Å². The van der Waals surface area contributed by atoms with E-state index in [-0.39, 0.29) is 0 Å². The van der Waals surface area contributed by atoms with Crippen LogP contribution in [0.1, 0.15) is 13.3 Å². The first-order chi connectivity index (χ1) is 8.54. The van der Waals surface area contributed by atoms with Crippen LogP contribution in [0.15, 0.2) is 18.3 Å². The van der Waals surface area contributed by atoms with Crippen molar-refractivity contribution < 1.29 is 8.42 Å². The van der Waals surface area contributed by atoms with E-state index in [1.807, 2.05) is 4.90 Å². The van der Waals surface area contributed by atoms with Crippen molar-refractivity contribution in [3.05, 3.63) is 23.4 Å². The number of sulfonamides is 1. The maximum Gasteiger partial charge on any atom is 0.216 e. The number of halogens is 1. The molecule has 1 fully saturated rings. The largest absolute Gasteiger partial charge is 0.354 e. The molecular weight excluding hydrogens is 274 g/mol. The van der Waals surface area contributed by atoms with Crippen molar-refractivity contribution in [1.82, 2.24) is 9.71 Å². The Morgan fingerprint density at radius 2 is 2.39 bits per heavy atom. The van der Waals surface area contributed by atoms with Crippen LogP contribution >= 0.6 is 11.6 Å². The van der Waals surface area contributed by atoms with Gasteiger partial charge in [-0.3, -0.25) is 0 Å². The van der Waals surface area contributed by atoms with Gasteiger partial charge >= 0.3 is 0 Å². The Kier molecular flexibility index (Phi) is 4.09. The van der Waals surface area contributed by atoms with Gasteiger partial charge in [0.1, 0.15) is 5.82 Å². The van der Waals surface area contributed by atoms with Gasteiger partial charge in [0.05, 0.1) is 10.3 Å². The summed E-state index contributed by atoms with van der Waals surface area (Å²) in [4.78, 5) is 6.12. The van der Waals surface area contributed by atoms with Gasteiger partial charge in [-0.1, -0.05) is 18.5 Å². The van der Waals surface area contributed by atoms with Gasteiger partial charge in [-0.15, -0.1) is 0 Å². The Labute approximate surface area is 112 Å². The lowest BCUT2D eigenvalue weighted by Crippen LogP contribution is -2.36. The molecule has 0 radical (unpaired) electrons. The molecule has 2 rings (SSSR count). The van der Waals surface area contributed by atoms with Crippen LogP contribution in [0.2, 0.25) is 5.02 Å². The molecule has 1 atom stereocenters.